The Labute approximate surface area is 533 Å². The lowest BCUT2D eigenvalue weighted by Gasteiger charge is -2.52. The molecule has 2 aromatic heterocycles. The average Bonchev–Trinajstić information content (AvgIpc) is 0.887. The molecule has 4 heterocycles. The summed E-state index contributed by atoms with van der Waals surface area (Å²) in [6.07, 6.45) is 0. The molecule has 0 radical (unpaired) electrons. The SMILES string of the molecule is CC1(C)c2ccccc2-c2ccc(N3c4ccc(-c5cccc6c5oc5ccccc56)cc4C4(c5cc(-c6ccccc6)ccc5N(c5ccc(-c6ccccc6)cc5)c5ccc(-c6ccccc6)cc54)c4cc(-c5cccc6c5oc5ccccc56)ccc43)cc21. The van der Waals surface area contributed by atoms with Crippen LogP contribution in [0.1, 0.15) is 47.2 Å². The number of nitrogens with zero attached hydrogens (tertiary/aromatic N) is 2. The number of furan rings is 2. The van der Waals surface area contributed by atoms with Crippen molar-refractivity contribution < 1.29 is 8.83 Å². The zero-order chi connectivity index (χ0) is 60.8. The van der Waals surface area contributed by atoms with Crippen molar-refractivity contribution in [2.24, 2.45) is 0 Å². The van der Waals surface area contributed by atoms with Crippen LogP contribution in [0.15, 0.2) is 324 Å². The van der Waals surface area contributed by atoms with Gasteiger partial charge in [0.25, 0.3) is 0 Å². The van der Waals surface area contributed by atoms with Gasteiger partial charge in [-0.1, -0.05) is 244 Å². The molecule has 1 aliphatic carbocycles. The van der Waals surface area contributed by atoms with Gasteiger partial charge in [-0.05, 0) is 174 Å². The van der Waals surface area contributed by atoms with Crippen molar-refractivity contribution in [2.45, 2.75) is 24.7 Å². The Hall–Kier alpha value is -11.7. The van der Waals surface area contributed by atoms with Crippen molar-refractivity contribution in [1.29, 1.82) is 0 Å². The van der Waals surface area contributed by atoms with Gasteiger partial charge in [0.1, 0.15) is 22.3 Å². The summed E-state index contributed by atoms with van der Waals surface area (Å²) in [6.45, 7) is 4.77. The summed E-state index contributed by atoms with van der Waals surface area (Å²) in [5.41, 5.74) is 29.6. The van der Waals surface area contributed by atoms with E-state index in [4.69, 9.17) is 8.83 Å². The molecule has 4 heteroatoms. The summed E-state index contributed by atoms with van der Waals surface area (Å²) >= 11 is 0. The Bertz CT molecular complexity index is 5420. The standard InChI is InChI=1S/C88H58N2O2/c1-87(2)73-33-15-12-26-67(73)68-45-44-64(54-74(68)87)90-81-48-40-61(65-29-18-31-71-69-27-13-16-34-83(69)91-85(65)71)52-77(81)88(78-53-62(41-49-82(78)90)66-30-19-32-72-70-28-14-17-35-84(70)92-86(66)72)75-50-59(56-22-8-4-9-23-56)38-46-79(75)89(63-42-36-58(37-43-63)55-20-6-3-7-21-55)80-47-39-60(51-76(80)88)57-24-10-5-11-25-57/h3-54H,1-2H3. The summed E-state index contributed by atoms with van der Waals surface area (Å²) in [4.78, 5) is 5.10. The normalized spacial score (nSPS) is 13.9. The highest BCUT2D eigenvalue weighted by molar-refractivity contribution is 6.12. The molecular weight excluding hydrogens is 1120 g/mol. The summed E-state index contributed by atoms with van der Waals surface area (Å²) < 4.78 is 14.0. The van der Waals surface area contributed by atoms with Crippen molar-refractivity contribution in [3.05, 3.63) is 349 Å². The van der Waals surface area contributed by atoms with Crippen LogP contribution in [0.2, 0.25) is 0 Å². The van der Waals surface area contributed by atoms with Crippen LogP contribution in [0.25, 0.3) is 111 Å². The first-order valence-electron chi connectivity index (χ1n) is 31.9. The number of hydrogen-bond acceptors (Lipinski definition) is 4. The zero-order valence-electron chi connectivity index (χ0n) is 50.7. The smallest absolute Gasteiger partial charge is 0.143 e. The van der Waals surface area contributed by atoms with E-state index in [1.165, 1.54) is 27.8 Å². The highest BCUT2D eigenvalue weighted by Crippen LogP contribution is 2.66. The zero-order valence-corrected chi connectivity index (χ0v) is 50.7. The van der Waals surface area contributed by atoms with Crippen LogP contribution < -0.4 is 9.80 Å². The Morgan fingerprint density at radius 2 is 0.598 bits per heavy atom. The van der Waals surface area contributed by atoms with Crippen molar-refractivity contribution in [3.63, 3.8) is 0 Å². The first-order valence-corrected chi connectivity index (χ1v) is 31.9. The summed E-state index contributed by atoms with van der Waals surface area (Å²) in [5.74, 6) is 0. The van der Waals surface area contributed by atoms with E-state index < -0.39 is 5.41 Å². The largest absolute Gasteiger partial charge is 0.455 e. The lowest BCUT2D eigenvalue weighted by Crippen LogP contribution is -2.42. The number of anilines is 6. The first kappa shape index (κ1) is 52.2. The molecular formula is C88H58N2O2. The number of hydrogen-bond donors (Lipinski definition) is 0. The van der Waals surface area contributed by atoms with Gasteiger partial charge in [0.05, 0.1) is 28.2 Å². The van der Waals surface area contributed by atoms with Crippen LogP contribution in [-0.4, -0.2) is 0 Å². The first-order chi connectivity index (χ1) is 45.4. The minimum atomic E-state index is -1.02. The van der Waals surface area contributed by atoms with Crippen molar-refractivity contribution in [3.8, 4) is 66.8 Å². The molecule has 0 N–H and O–H groups in total. The van der Waals surface area contributed by atoms with E-state index >= 15 is 0 Å². The summed E-state index contributed by atoms with van der Waals surface area (Å²) in [7, 11) is 0. The molecule has 0 atom stereocenters. The van der Waals surface area contributed by atoms with Crippen LogP contribution in [0.3, 0.4) is 0 Å². The monoisotopic (exact) mass is 1170 g/mol. The average molecular weight is 1180 g/mol. The maximum atomic E-state index is 6.99. The lowest BCUT2D eigenvalue weighted by atomic mass is 9.59. The van der Waals surface area contributed by atoms with Crippen molar-refractivity contribution in [2.75, 3.05) is 9.80 Å². The highest BCUT2D eigenvalue weighted by Gasteiger charge is 2.53. The lowest BCUT2D eigenvalue weighted by molar-refractivity contribution is 0.660. The molecule has 0 saturated carbocycles. The van der Waals surface area contributed by atoms with Gasteiger partial charge >= 0.3 is 0 Å². The molecule has 4 nitrogen and oxygen atoms in total. The summed E-state index contributed by atoms with van der Waals surface area (Å²) in [6, 6.07) is 117. The Kier molecular flexibility index (Phi) is 11.3. The Morgan fingerprint density at radius 1 is 0.239 bits per heavy atom. The van der Waals surface area contributed by atoms with E-state index in [0.29, 0.717) is 0 Å². The number of para-hydroxylation sites is 4. The molecule has 16 aromatic rings. The fourth-order valence-corrected chi connectivity index (χ4v) is 16.0. The van der Waals surface area contributed by atoms with Crippen LogP contribution in [-0.2, 0) is 10.8 Å². The topological polar surface area (TPSA) is 32.8 Å². The van der Waals surface area contributed by atoms with Crippen LogP contribution in [0, 0.1) is 0 Å². The fourth-order valence-electron chi connectivity index (χ4n) is 16.0. The van der Waals surface area contributed by atoms with Crippen LogP contribution in [0.4, 0.5) is 34.1 Å². The molecule has 0 saturated heterocycles. The van der Waals surface area contributed by atoms with Crippen molar-refractivity contribution >= 4 is 78.0 Å². The molecule has 0 unspecified atom stereocenters. The van der Waals surface area contributed by atoms with Gasteiger partial charge in [0.2, 0.25) is 0 Å². The predicted octanol–water partition coefficient (Wildman–Crippen LogP) is 24.1. The second-order valence-electron chi connectivity index (χ2n) is 25.5. The van der Waals surface area contributed by atoms with Crippen molar-refractivity contribution in [1.82, 2.24) is 0 Å². The third-order valence-electron chi connectivity index (χ3n) is 20.3. The molecule has 0 bridgehead atoms. The molecule has 19 rings (SSSR count). The molecule has 432 valence electrons. The van der Waals surface area contributed by atoms with E-state index in [-0.39, 0.29) is 5.41 Å². The van der Waals surface area contributed by atoms with Gasteiger partial charge in [-0.15, -0.1) is 0 Å². The molecule has 2 aliphatic heterocycles. The quantitative estimate of drug-likeness (QED) is 0.159. The molecule has 0 fully saturated rings. The predicted molar refractivity (Wildman–Crippen MR) is 381 cm³/mol. The third kappa shape index (κ3) is 7.58. The molecule has 92 heavy (non-hydrogen) atoms. The Balaban J connectivity index is 0.976. The maximum Gasteiger partial charge on any atom is 0.143 e. The molecule has 3 aliphatic rings. The molecule has 0 amide bonds. The van der Waals surface area contributed by atoms with Gasteiger partial charge in [-0.3, -0.25) is 0 Å². The molecule has 14 aromatic carbocycles. The minimum Gasteiger partial charge on any atom is -0.455 e. The van der Waals surface area contributed by atoms with E-state index in [2.05, 4.69) is 339 Å². The van der Waals surface area contributed by atoms with E-state index in [1.54, 1.807) is 0 Å². The van der Waals surface area contributed by atoms with E-state index in [9.17, 15) is 0 Å². The highest BCUT2D eigenvalue weighted by atomic mass is 16.3. The Morgan fingerprint density at radius 3 is 1.11 bits per heavy atom. The van der Waals surface area contributed by atoms with Gasteiger partial charge in [0.15, 0.2) is 0 Å². The van der Waals surface area contributed by atoms with E-state index in [0.717, 1.165) is 150 Å². The second kappa shape index (κ2) is 19.9. The van der Waals surface area contributed by atoms with Gasteiger partial charge in [0, 0.05) is 49.5 Å². The summed E-state index contributed by atoms with van der Waals surface area (Å²) in [5, 5.41) is 4.37. The van der Waals surface area contributed by atoms with Gasteiger partial charge in [-0.2, -0.15) is 0 Å². The molecule has 1 spiro atoms. The number of rotatable bonds is 7. The maximum absolute atomic E-state index is 6.99. The van der Waals surface area contributed by atoms with Gasteiger partial charge < -0.3 is 18.6 Å². The number of fused-ring (bicyclic) bond motifs is 17. The minimum absolute atomic E-state index is 0.249. The van der Waals surface area contributed by atoms with E-state index in [1.807, 2.05) is 0 Å². The second-order valence-corrected chi connectivity index (χ2v) is 25.5. The fraction of sp³-hybridized carbons (Fsp3) is 0.0455. The van der Waals surface area contributed by atoms with Crippen LogP contribution >= 0.6 is 0 Å². The van der Waals surface area contributed by atoms with Crippen LogP contribution in [0.5, 0.6) is 0 Å². The number of benzene rings is 14. The van der Waals surface area contributed by atoms with Gasteiger partial charge in [-0.25, -0.2) is 0 Å². The third-order valence-corrected chi connectivity index (χ3v) is 20.3.